The molecular weight excluding hydrogens is 442 g/mol. The van der Waals surface area contributed by atoms with Crippen LogP contribution in [0.4, 0.5) is 5.69 Å². The predicted molar refractivity (Wildman–Crippen MR) is 124 cm³/mol. The number of carbonyl (C=O) groups is 2. The molecule has 0 aliphatic carbocycles. The lowest BCUT2D eigenvalue weighted by molar-refractivity contribution is -0.113. The summed E-state index contributed by atoms with van der Waals surface area (Å²) in [6.07, 6.45) is 0. The maximum Gasteiger partial charge on any atom is 0.338 e. The average Bonchev–Trinajstić information content (AvgIpc) is 3.29. The number of carbonyl (C=O) groups excluding carboxylic acids is 2. The number of anilines is 1. The topological polar surface area (TPSA) is 104 Å². The highest BCUT2D eigenvalue weighted by atomic mass is 32.2. The zero-order valence-corrected chi connectivity index (χ0v) is 18.6. The minimum atomic E-state index is -0.438. The van der Waals surface area contributed by atoms with Gasteiger partial charge in [-0.05, 0) is 48.0 Å². The first-order valence-electron chi connectivity index (χ1n) is 10.2. The van der Waals surface area contributed by atoms with Crippen molar-refractivity contribution in [3.05, 3.63) is 78.2 Å². The lowest BCUT2D eigenvalue weighted by Crippen LogP contribution is -2.14. The van der Waals surface area contributed by atoms with E-state index in [-0.39, 0.29) is 30.1 Å². The molecule has 4 rings (SSSR count). The number of nitrogens with one attached hydrogen (secondary N) is 1. The number of thioether (sulfide) groups is 1. The lowest BCUT2D eigenvalue weighted by atomic mass is 10.1. The smallest absolute Gasteiger partial charge is 0.338 e. The number of rotatable bonds is 9. The fraction of sp³-hybridized carbons (Fsp3) is 0.167. The number of esters is 1. The molecule has 3 aromatic carbocycles. The Bertz CT molecular complexity index is 1270. The first kappa shape index (κ1) is 22.3. The molecule has 1 heterocycles. The van der Waals surface area contributed by atoms with Crippen molar-refractivity contribution in [3.63, 3.8) is 0 Å². The molecule has 4 aromatic rings. The van der Waals surface area contributed by atoms with Crippen molar-refractivity contribution in [1.29, 1.82) is 0 Å². The third-order valence-corrected chi connectivity index (χ3v) is 5.33. The van der Waals surface area contributed by atoms with Crippen molar-refractivity contribution in [3.8, 4) is 5.75 Å². The van der Waals surface area contributed by atoms with Gasteiger partial charge in [-0.1, -0.05) is 48.2 Å². The Morgan fingerprint density at radius 1 is 1.00 bits per heavy atom. The zero-order chi connectivity index (χ0) is 23.0. The van der Waals surface area contributed by atoms with E-state index >= 15 is 0 Å². The van der Waals surface area contributed by atoms with Gasteiger partial charge in [-0.3, -0.25) is 4.79 Å². The highest BCUT2D eigenvalue weighted by molar-refractivity contribution is 7.99. The van der Waals surface area contributed by atoms with Crippen molar-refractivity contribution in [2.75, 3.05) is 17.7 Å². The molecule has 0 spiro atoms. The minimum absolute atomic E-state index is 0.0663. The number of amides is 1. The molecular formula is C24H21N3O5S. The third kappa shape index (κ3) is 6.11. The van der Waals surface area contributed by atoms with E-state index in [4.69, 9.17) is 13.9 Å². The highest BCUT2D eigenvalue weighted by Crippen LogP contribution is 2.22. The average molecular weight is 464 g/mol. The lowest BCUT2D eigenvalue weighted by Gasteiger charge is -2.06. The van der Waals surface area contributed by atoms with E-state index in [0.29, 0.717) is 22.9 Å². The first-order chi connectivity index (χ1) is 16.1. The summed E-state index contributed by atoms with van der Waals surface area (Å²) >= 11 is 1.11. The quantitative estimate of drug-likeness (QED) is 0.281. The number of hydrogen-bond acceptors (Lipinski definition) is 8. The summed E-state index contributed by atoms with van der Waals surface area (Å²) in [5, 5.41) is 13.1. The second-order valence-electron chi connectivity index (χ2n) is 6.90. The van der Waals surface area contributed by atoms with E-state index in [9.17, 15) is 9.59 Å². The Labute approximate surface area is 194 Å². The van der Waals surface area contributed by atoms with E-state index in [1.165, 1.54) is 0 Å². The molecule has 0 saturated heterocycles. The van der Waals surface area contributed by atoms with Crippen molar-refractivity contribution in [2.24, 2.45) is 0 Å². The second kappa shape index (κ2) is 10.6. The molecule has 33 heavy (non-hydrogen) atoms. The molecule has 9 heteroatoms. The van der Waals surface area contributed by atoms with Crippen LogP contribution in [-0.2, 0) is 16.1 Å². The fourth-order valence-electron chi connectivity index (χ4n) is 3.02. The van der Waals surface area contributed by atoms with Gasteiger partial charge in [0.05, 0.1) is 17.9 Å². The van der Waals surface area contributed by atoms with E-state index in [1.807, 2.05) is 42.5 Å². The van der Waals surface area contributed by atoms with Gasteiger partial charge in [0, 0.05) is 5.69 Å². The van der Waals surface area contributed by atoms with Gasteiger partial charge in [0.25, 0.3) is 11.1 Å². The van der Waals surface area contributed by atoms with Crippen LogP contribution in [0.15, 0.2) is 76.4 Å². The normalized spacial score (nSPS) is 10.7. The fourth-order valence-corrected chi connectivity index (χ4v) is 3.60. The third-order valence-electron chi connectivity index (χ3n) is 4.52. The Kier molecular flexibility index (Phi) is 7.21. The molecule has 0 saturated carbocycles. The number of nitrogens with zero attached hydrogens (tertiary/aromatic N) is 2. The molecule has 1 aromatic heterocycles. The largest absolute Gasteiger partial charge is 0.484 e. The van der Waals surface area contributed by atoms with Crippen molar-refractivity contribution in [2.45, 2.75) is 18.8 Å². The molecule has 1 amide bonds. The Morgan fingerprint density at radius 3 is 2.70 bits per heavy atom. The van der Waals surface area contributed by atoms with Crippen LogP contribution in [0.5, 0.6) is 5.75 Å². The summed E-state index contributed by atoms with van der Waals surface area (Å²) in [5.41, 5.74) is 0.872. The summed E-state index contributed by atoms with van der Waals surface area (Å²) in [6, 6.07) is 20.4. The number of aromatic nitrogens is 2. The molecule has 0 bridgehead atoms. The van der Waals surface area contributed by atoms with Gasteiger partial charge < -0.3 is 19.2 Å². The molecule has 0 aliphatic rings. The Hall–Kier alpha value is -3.85. The van der Waals surface area contributed by atoms with E-state index < -0.39 is 5.97 Å². The molecule has 0 radical (unpaired) electrons. The van der Waals surface area contributed by atoms with Crippen LogP contribution >= 0.6 is 11.8 Å². The SMILES string of the molecule is CCOC(=O)c1cccc(NC(=O)CSc2nnc(COc3ccc4ccccc4c3)o2)c1. The van der Waals surface area contributed by atoms with E-state index in [1.54, 1.807) is 31.2 Å². The number of hydrogen-bond donors (Lipinski definition) is 1. The number of benzene rings is 3. The molecule has 0 aliphatic heterocycles. The number of ether oxygens (including phenoxy) is 2. The van der Waals surface area contributed by atoms with Gasteiger partial charge in [0.2, 0.25) is 5.91 Å². The van der Waals surface area contributed by atoms with Crippen LogP contribution in [0, 0.1) is 0 Å². The summed E-state index contributed by atoms with van der Waals surface area (Å²) in [5.74, 6) is 0.371. The zero-order valence-electron chi connectivity index (χ0n) is 17.8. The molecule has 0 atom stereocenters. The van der Waals surface area contributed by atoms with Gasteiger partial charge in [-0.25, -0.2) is 4.79 Å². The standard InChI is InChI=1S/C24H21N3O5S/c1-2-30-23(29)18-8-5-9-19(12-18)25-21(28)15-33-24-27-26-22(32-24)14-31-20-11-10-16-6-3-4-7-17(16)13-20/h3-13H,2,14-15H2,1H3,(H,25,28). The Balaban J connectivity index is 1.26. The van der Waals surface area contributed by atoms with Crippen LogP contribution in [0.1, 0.15) is 23.2 Å². The van der Waals surface area contributed by atoms with Crippen LogP contribution in [0.2, 0.25) is 0 Å². The predicted octanol–water partition coefficient (Wildman–Crippen LogP) is 4.71. The summed E-state index contributed by atoms with van der Waals surface area (Å²) < 4.78 is 16.3. The van der Waals surface area contributed by atoms with Crippen LogP contribution < -0.4 is 10.1 Å². The van der Waals surface area contributed by atoms with E-state index in [2.05, 4.69) is 15.5 Å². The van der Waals surface area contributed by atoms with Gasteiger partial charge in [-0.2, -0.15) is 0 Å². The summed E-state index contributed by atoms with van der Waals surface area (Å²) in [7, 11) is 0. The summed E-state index contributed by atoms with van der Waals surface area (Å²) in [4.78, 5) is 24.1. The first-order valence-corrected chi connectivity index (χ1v) is 11.2. The number of fused-ring (bicyclic) bond motifs is 1. The second-order valence-corrected chi connectivity index (χ2v) is 7.82. The van der Waals surface area contributed by atoms with Crippen LogP contribution in [0.25, 0.3) is 10.8 Å². The highest BCUT2D eigenvalue weighted by Gasteiger charge is 2.12. The van der Waals surface area contributed by atoms with Crippen molar-refractivity contribution in [1.82, 2.24) is 10.2 Å². The maximum absolute atomic E-state index is 12.3. The van der Waals surface area contributed by atoms with E-state index in [0.717, 1.165) is 22.5 Å². The van der Waals surface area contributed by atoms with Gasteiger partial charge in [-0.15, -0.1) is 10.2 Å². The van der Waals surface area contributed by atoms with Gasteiger partial charge >= 0.3 is 5.97 Å². The van der Waals surface area contributed by atoms with Gasteiger partial charge in [0.1, 0.15) is 5.75 Å². The summed E-state index contributed by atoms with van der Waals surface area (Å²) in [6.45, 7) is 2.14. The van der Waals surface area contributed by atoms with Crippen molar-refractivity contribution >= 4 is 40.1 Å². The monoisotopic (exact) mass is 463 g/mol. The molecule has 8 nitrogen and oxygen atoms in total. The van der Waals surface area contributed by atoms with Crippen LogP contribution in [-0.4, -0.2) is 34.4 Å². The molecule has 0 unspecified atom stereocenters. The van der Waals surface area contributed by atoms with Crippen molar-refractivity contribution < 1.29 is 23.5 Å². The molecule has 168 valence electrons. The molecule has 1 N–H and O–H groups in total. The maximum atomic E-state index is 12.3. The molecule has 0 fully saturated rings. The van der Waals surface area contributed by atoms with Gasteiger partial charge in [0.15, 0.2) is 6.61 Å². The minimum Gasteiger partial charge on any atom is -0.484 e. The Morgan fingerprint density at radius 2 is 1.85 bits per heavy atom. The van der Waals surface area contributed by atoms with Crippen LogP contribution in [0.3, 0.4) is 0 Å².